The van der Waals surface area contributed by atoms with Crippen molar-refractivity contribution in [2.45, 2.75) is 6.92 Å². The van der Waals surface area contributed by atoms with Crippen LogP contribution >= 0.6 is 11.6 Å². The Balaban J connectivity index is 2.60. The molecule has 1 heterocycles. The minimum Gasteiger partial charge on any atom is -0.446 e. The number of halogens is 1. The molecule has 0 spiro atoms. The molecular formula is C12H9ClO4. The maximum atomic E-state index is 11.6. The van der Waals surface area contributed by atoms with E-state index >= 15 is 0 Å². The van der Waals surface area contributed by atoms with Crippen molar-refractivity contribution in [1.29, 1.82) is 0 Å². The van der Waals surface area contributed by atoms with Crippen LogP contribution in [0.5, 0.6) is 0 Å². The molecule has 0 fully saturated rings. The third kappa shape index (κ3) is 2.31. The van der Waals surface area contributed by atoms with Crippen LogP contribution in [-0.2, 0) is 4.74 Å². The largest absolute Gasteiger partial charge is 0.446 e. The summed E-state index contributed by atoms with van der Waals surface area (Å²) in [5.41, 5.74) is 0.536. The van der Waals surface area contributed by atoms with Gasteiger partial charge in [0.1, 0.15) is 11.1 Å². The highest BCUT2D eigenvalue weighted by Crippen LogP contribution is 2.15. The third-order valence-electron chi connectivity index (χ3n) is 2.30. The number of aryl methyl sites for hydroxylation is 1. The average molecular weight is 253 g/mol. The Morgan fingerprint density at radius 3 is 2.88 bits per heavy atom. The summed E-state index contributed by atoms with van der Waals surface area (Å²) in [6.07, 6.45) is 0. The van der Waals surface area contributed by atoms with E-state index in [9.17, 15) is 9.59 Å². The van der Waals surface area contributed by atoms with Crippen molar-refractivity contribution >= 4 is 28.5 Å². The number of rotatable bonds is 2. The summed E-state index contributed by atoms with van der Waals surface area (Å²) in [6, 6.07) is 6.50. The van der Waals surface area contributed by atoms with E-state index in [1.807, 2.05) is 13.0 Å². The molecule has 0 saturated heterocycles. The van der Waals surface area contributed by atoms with Gasteiger partial charge in [0, 0.05) is 5.39 Å². The number of benzene rings is 1. The molecule has 0 N–H and O–H groups in total. The minimum absolute atomic E-state index is 0.151. The summed E-state index contributed by atoms with van der Waals surface area (Å²) >= 11 is 5.26. The second kappa shape index (κ2) is 4.59. The van der Waals surface area contributed by atoms with Gasteiger partial charge in [-0.15, -0.1) is 0 Å². The number of alkyl halides is 1. The molecule has 1 aromatic heterocycles. The van der Waals surface area contributed by atoms with E-state index in [2.05, 4.69) is 4.74 Å². The highest BCUT2D eigenvalue weighted by atomic mass is 35.5. The van der Waals surface area contributed by atoms with Gasteiger partial charge in [0.2, 0.25) is 0 Å². The Morgan fingerprint density at radius 1 is 1.41 bits per heavy atom. The lowest BCUT2D eigenvalue weighted by Crippen LogP contribution is -2.15. The average Bonchev–Trinajstić information content (AvgIpc) is 2.28. The molecule has 0 saturated carbocycles. The SMILES string of the molecule is Cc1ccc2cc(C(=O)OCCl)c(=O)oc2c1. The molecule has 2 rings (SSSR count). The van der Waals surface area contributed by atoms with Gasteiger partial charge >= 0.3 is 11.6 Å². The monoisotopic (exact) mass is 252 g/mol. The van der Waals surface area contributed by atoms with Crippen molar-refractivity contribution in [3.63, 3.8) is 0 Å². The van der Waals surface area contributed by atoms with Crippen molar-refractivity contribution in [3.05, 3.63) is 45.8 Å². The molecule has 0 aliphatic rings. The van der Waals surface area contributed by atoms with Crippen LogP contribution in [0.4, 0.5) is 0 Å². The summed E-state index contributed by atoms with van der Waals surface area (Å²) < 4.78 is 9.59. The summed E-state index contributed by atoms with van der Waals surface area (Å²) in [4.78, 5) is 23.0. The van der Waals surface area contributed by atoms with E-state index in [4.69, 9.17) is 16.0 Å². The molecule has 0 aliphatic heterocycles. The molecule has 0 atom stereocenters. The van der Waals surface area contributed by atoms with Crippen LogP contribution in [0.15, 0.2) is 33.5 Å². The van der Waals surface area contributed by atoms with E-state index in [0.717, 1.165) is 5.56 Å². The third-order valence-corrected chi connectivity index (χ3v) is 2.41. The predicted molar refractivity (Wildman–Crippen MR) is 63.4 cm³/mol. The Bertz CT molecular complexity index is 630. The van der Waals surface area contributed by atoms with Gasteiger partial charge in [-0.3, -0.25) is 0 Å². The lowest BCUT2D eigenvalue weighted by atomic mass is 10.1. The second-order valence-corrected chi connectivity index (χ2v) is 3.75. The van der Waals surface area contributed by atoms with Crippen LogP contribution in [0.2, 0.25) is 0 Å². The first-order valence-corrected chi connectivity index (χ1v) is 5.43. The second-order valence-electron chi connectivity index (χ2n) is 3.53. The van der Waals surface area contributed by atoms with Crippen LogP contribution in [0.3, 0.4) is 0 Å². The Labute approximate surface area is 102 Å². The molecule has 0 amide bonds. The van der Waals surface area contributed by atoms with Gasteiger partial charge in [-0.1, -0.05) is 23.7 Å². The van der Waals surface area contributed by atoms with Gasteiger partial charge in [-0.2, -0.15) is 0 Å². The van der Waals surface area contributed by atoms with Crippen LogP contribution in [-0.4, -0.2) is 12.0 Å². The Kier molecular flexibility index (Phi) is 3.15. The zero-order valence-corrected chi connectivity index (χ0v) is 9.78. The zero-order valence-electron chi connectivity index (χ0n) is 9.03. The predicted octanol–water partition coefficient (Wildman–Crippen LogP) is 2.45. The summed E-state index contributed by atoms with van der Waals surface area (Å²) in [5, 5.41) is 0.664. The van der Waals surface area contributed by atoms with E-state index in [-0.39, 0.29) is 11.6 Å². The van der Waals surface area contributed by atoms with Crippen LogP contribution in [0.25, 0.3) is 11.0 Å². The minimum atomic E-state index is -0.781. The highest BCUT2D eigenvalue weighted by molar-refractivity contribution is 6.17. The zero-order chi connectivity index (χ0) is 12.4. The molecule has 88 valence electrons. The molecular weight excluding hydrogens is 244 g/mol. The Morgan fingerprint density at radius 2 is 2.18 bits per heavy atom. The number of fused-ring (bicyclic) bond motifs is 1. The standard InChI is InChI=1S/C12H9ClO4/c1-7-2-3-8-5-9(11(14)16-6-13)12(15)17-10(8)4-7/h2-5H,6H2,1H3. The maximum Gasteiger partial charge on any atom is 0.351 e. The summed E-state index contributed by atoms with van der Waals surface area (Å²) in [6.45, 7) is 1.88. The fourth-order valence-corrected chi connectivity index (χ4v) is 1.59. The van der Waals surface area contributed by atoms with E-state index in [0.29, 0.717) is 11.0 Å². The molecule has 0 bridgehead atoms. The van der Waals surface area contributed by atoms with Crippen LogP contribution in [0.1, 0.15) is 15.9 Å². The topological polar surface area (TPSA) is 56.5 Å². The van der Waals surface area contributed by atoms with Crippen molar-refractivity contribution in [2.24, 2.45) is 0 Å². The lowest BCUT2D eigenvalue weighted by molar-refractivity contribution is 0.0569. The van der Waals surface area contributed by atoms with Crippen molar-refractivity contribution in [3.8, 4) is 0 Å². The highest BCUT2D eigenvalue weighted by Gasteiger charge is 2.14. The molecule has 5 heteroatoms. The van der Waals surface area contributed by atoms with E-state index < -0.39 is 11.6 Å². The van der Waals surface area contributed by atoms with Crippen molar-refractivity contribution < 1.29 is 13.9 Å². The first kappa shape index (κ1) is 11.7. The summed E-state index contributed by atoms with van der Waals surface area (Å²) in [5.74, 6) is -0.781. The number of carbonyl (C=O) groups excluding carboxylic acids is 1. The molecule has 1 aromatic carbocycles. The molecule has 0 aliphatic carbocycles. The number of esters is 1. The van der Waals surface area contributed by atoms with E-state index in [1.165, 1.54) is 6.07 Å². The number of hydrogen-bond donors (Lipinski definition) is 0. The fourth-order valence-electron chi connectivity index (χ4n) is 1.49. The summed E-state index contributed by atoms with van der Waals surface area (Å²) in [7, 11) is 0. The van der Waals surface area contributed by atoms with Gasteiger partial charge in [0.25, 0.3) is 0 Å². The van der Waals surface area contributed by atoms with Gasteiger partial charge in [0.15, 0.2) is 6.07 Å². The number of carbonyl (C=O) groups is 1. The Hall–Kier alpha value is -1.81. The maximum absolute atomic E-state index is 11.6. The smallest absolute Gasteiger partial charge is 0.351 e. The van der Waals surface area contributed by atoms with Gasteiger partial charge in [0.05, 0.1) is 0 Å². The lowest BCUT2D eigenvalue weighted by Gasteiger charge is -2.02. The molecule has 0 unspecified atom stereocenters. The van der Waals surface area contributed by atoms with Gasteiger partial charge in [-0.05, 0) is 24.6 Å². The van der Waals surface area contributed by atoms with Gasteiger partial charge < -0.3 is 9.15 Å². The van der Waals surface area contributed by atoms with Crippen molar-refractivity contribution in [1.82, 2.24) is 0 Å². The molecule has 17 heavy (non-hydrogen) atoms. The fraction of sp³-hybridized carbons (Fsp3) is 0.167. The number of ether oxygens (including phenoxy) is 1. The molecule has 4 nitrogen and oxygen atoms in total. The normalized spacial score (nSPS) is 10.5. The van der Waals surface area contributed by atoms with Crippen LogP contribution < -0.4 is 5.63 Å². The van der Waals surface area contributed by atoms with Crippen LogP contribution in [0, 0.1) is 6.92 Å². The number of hydrogen-bond acceptors (Lipinski definition) is 4. The van der Waals surface area contributed by atoms with Gasteiger partial charge in [-0.25, -0.2) is 9.59 Å². The first-order chi connectivity index (χ1) is 8.11. The molecule has 0 radical (unpaired) electrons. The quantitative estimate of drug-likeness (QED) is 0.468. The van der Waals surface area contributed by atoms with Crippen molar-refractivity contribution in [2.75, 3.05) is 6.07 Å². The molecule has 2 aromatic rings. The van der Waals surface area contributed by atoms with E-state index in [1.54, 1.807) is 12.1 Å². The first-order valence-electron chi connectivity index (χ1n) is 4.89.